The average Bonchev–Trinajstić information content (AvgIpc) is 2.93. The van der Waals surface area contributed by atoms with Gasteiger partial charge < -0.3 is 9.84 Å². The van der Waals surface area contributed by atoms with Crippen molar-refractivity contribution < 1.29 is 19.4 Å². The van der Waals surface area contributed by atoms with Crippen LogP contribution in [0.25, 0.3) is 10.9 Å². The lowest BCUT2D eigenvalue weighted by Crippen LogP contribution is -2.10. The first kappa shape index (κ1) is 16.1. The molecule has 0 aliphatic rings. The number of hydrogen-bond donors (Lipinski definition) is 1. The summed E-state index contributed by atoms with van der Waals surface area (Å²) in [4.78, 5) is 24.0. The molecule has 24 heavy (non-hydrogen) atoms. The molecule has 0 fully saturated rings. The van der Waals surface area contributed by atoms with E-state index in [0.717, 1.165) is 0 Å². The van der Waals surface area contributed by atoms with Crippen LogP contribution in [0.2, 0.25) is 5.02 Å². The number of ether oxygens (including phenoxy) is 1. The number of aliphatic carboxylic acids is 1. The molecule has 1 aromatic heterocycles. The van der Waals surface area contributed by atoms with Crippen LogP contribution in [0, 0.1) is 0 Å². The number of methoxy groups -OCH3 is 1. The van der Waals surface area contributed by atoms with Gasteiger partial charge in [-0.15, -0.1) is 0 Å². The smallest absolute Gasteiger partial charge is 0.307 e. The molecule has 0 atom stereocenters. The first-order chi connectivity index (χ1) is 11.5. The Morgan fingerprint density at radius 3 is 2.50 bits per heavy atom. The molecule has 0 aliphatic heterocycles. The van der Waals surface area contributed by atoms with Gasteiger partial charge in [0.2, 0.25) is 0 Å². The SMILES string of the molecule is COc1cccc2c1c(CC(=O)O)cn2C(=O)c1ccc(Cl)cc1. The topological polar surface area (TPSA) is 68.5 Å². The van der Waals surface area contributed by atoms with E-state index in [4.69, 9.17) is 21.4 Å². The number of carboxylic acid groups (broad SMARTS) is 1. The predicted octanol–water partition coefficient (Wildman–Crippen LogP) is 3.62. The Bertz CT molecular complexity index is 928. The van der Waals surface area contributed by atoms with Crippen molar-refractivity contribution in [1.29, 1.82) is 0 Å². The maximum absolute atomic E-state index is 12.8. The van der Waals surface area contributed by atoms with Crippen molar-refractivity contribution in [2.24, 2.45) is 0 Å². The second-order valence-electron chi connectivity index (χ2n) is 5.26. The number of aromatic nitrogens is 1. The zero-order chi connectivity index (χ0) is 17.3. The van der Waals surface area contributed by atoms with Crippen molar-refractivity contribution in [1.82, 2.24) is 4.57 Å². The van der Waals surface area contributed by atoms with E-state index < -0.39 is 5.97 Å². The van der Waals surface area contributed by atoms with Gasteiger partial charge in [-0.1, -0.05) is 17.7 Å². The zero-order valence-corrected chi connectivity index (χ0v) is 13.6. The number of carbonyl (C=O) groups is 2. The molecular weight excluding hydrogens is 330 g/mol. The number of carboxylic acids is 1. The van der Waals surface area contributed by atoms with Gasteiger partial charge in [-0.25, -0.2) is 0 Å². The fraction of sp³-hybridized carbons (Fsp3) is 0.111. The Hall–Kier alpha value is -2.79. The van der Waals surface area contributed by atoms with Crippen molar-refractivity contribution in [2.45, 2.75) is 6.42 Å². The molecule has 1 N–H and O–H groups in total. The summed E-state index contributed by atoms with van der Waals surface area (Å²) in [7, 11) is 1.51. The first-order valence-electron chi connectivity index (χ1n) is 7.20. The number of fused-ring (bicyclic) bond motifs is 1. The van der Waals surface area contributed by atoms with Crippen LogP contribution in [-0.4, -0.2) is 28.7 Å². The number of benzene rings is 2. The number of hydrogen-bond acceptors (Lipinski definition) is 3. The molecule has 0 unspecified atom stereocenters. The third-order valence-corrected chi connectivity index (χ3v) is 3.99. The second kappa shape index (κ2) is 6.37. The average molecular weight is 344 g/mol. The van der Waals surface area contributed by atoms with Crippen LogP contribution in [0.5, 0.6) is 5.75 Å². The lowest BCUT2D eigenvalue weighted by atomic mass is 10.1. The summed E-state index contributed by atoms with van der Waals surface area (Å²) in [5, 5.41) is 10.3. The van der Waals surface area contributed by atoms with Gasteiger partial charge in [0.1, 0.15) is 5.75 Å². The fourth-order valence-electron chi connectivity index (χ4n) is 2.70. The number of nitrogens with zero attached hydrogens (tertiary/aromatic N) is 1. The Labute approximate surface area is 143 Å². The van der Waals surface area contributed by atoms with Gasteiger partial charge in [0, 0.05) is 22.2 Å². The monoisotopic (exact) mass is 343 g/mol. The molecule has 0 saturated carbocycles. The summed E-state index contributed by atoms with van der Waals surface area (Å²) in [5.41, 5.74) is 1.59. The highest BCUT2D eigenvalue weighted by Crippen LogP contribution is 2.31. The third kappa shape index (κ3) is 2.86. The van der Waals surface area contributed by atoms with Crippen LogP contribution in [-0.2, 0) is 11.2 Å². The van der Waals surface area contributed by atoms with Crippen molar-refractivity contribution in [3.05, 3.63) is 64.8 Å². The Morgan fingerprint density at radius 1 is 1.17 bits per heavy atom. The van der Waals surface area contributed by atoms with E-state index in [0.29, 0.717) is 32.8 Å². The molecule has 6 heteroatoms. The summed E-state index contributed by atoms with van der Waals surface area (Å²) < 4.78 is 6.77. The lowest BCUT2D eigenvalue weighted by molar-refractivity contribution is -0.136. The van der Waals surface area contributed by atoms with E-state index in [1.54, 1.807) is 48.7 Å². The van der Waals surface area contributed by atoms with Crippen molar-refractivity contribution in [2.75, 3.05) is 7.11 Å². The van der Waals surface area contributed by atoms with Gasteiger partial charge >= 0.3 is 5.97 Å². The minimum atomic E-state index is -0.973. The minimum Gasteiger partial charge on any atom is -0.496 e. The summed E-state index contributed by atoms with van der Waals surface area (Å²) in [6, 6.07) is 11.8. The van der Waals surface area contributed by atoms with Crippen LogP contribution >= 0.6 is 11.6 Å². The number of carbonyl (C=O) groups excluding carboxylic acids is 1. The van der Waals surface area contributed by atoms with Crippen molar-refractivity contribution in [3.63, 3.8) is 0 Å². The normalized spacial score (nSPS) is 10.8. The number of halogens is 1. The van der Waals surface area contributed by atoms with Crippen LogP contribution in [0.3, 0.4) is 0 Å². The highest BCUT2D eigenvalue weighted by atomic mass is 35.5. The van der Waals surface area contributed by atoms with Gasteiger partial charge in [0.05, 0.1) is 19.0 Å². The van der Waals surface area contributed by atoms with E-state index >= 15 is 0 Å². The molecule has 0 bridgehead atoms. The lowest BCUT2D eigenvalue weighted by Gasteiger charge is -2.06. The summed E-state index contributed by atoms with van der Waals surface area (Å²) in [5.74, 6) is -0.702. The largest absolute Gasteiger partial charge is 0.496 e. The van der Waals surface area contributed by atoms with Crippen LogP contribution < -0.4 is 4.74 Å². The maximum atomic E-state index is 12.8. The molecule has 1 heterocycles. The zero-order valence-electron chi connectivity index (χ0n) is 12.8. The van der Waals surface area contributed by atoms with E-state index in [-0.39, 0.29) is 12.3 Å². The van der Waals surface area contributed by atoms with Crippen LogP contribution in [0.1, 0.15) is 15.9 Å². The second-order valence-corrected chi connectivity index (χ2v) is 5.70. The number of rotatable bonds is 4. The minimum absolute atomic E-state index is 0.197. The van der Waals surface area contributed by atoms with Crippen LogP contribution in [0.15, 0.2) is 48.7 Å². The molecule has 2 aromatic carbocycles. The molecule has 0 radical (unpaired) electrons. The van der Waals surface area contributed by atoms with Gasteiger partial charge in [-0.2, -0.15) is 0 Å². The fourth-order valence-corrected chi connectivity index (χ4v) is 2.83. The first-order valence-corrected chi connectivity index (χ1v) is 7.58. The Balaban J connectivity index is 2.19. The standard InChI is InChI=1S/C18H14ClNO4/c1-24-15-4-2-3-14-17(15)12(9-16(21)22)10-20(14)18(23)11-5-7-13(19)8-6-11/h2-8,10H,9H2,1H3,(H,21,22). The van der Waals surface area contributed by atoms with Crippen molar-refractivity contribution >= 4 is 34.4 Å². The molecule has 3 aromatic rings. The van der Waals surface area contributed by atoms with Gasteiger partial charge in [-0.3, -0.25) is 14.2 Å². The van der Waals surface area contributed by atoms with E-state index in [2.05, 4.69) is 0 Å². The third-order valence-electron chi connectivity index (χ3n) is 3.74. The molecule has 0 spiro atoms. The maximum Gasteiger partial charge on any atom is 0.307 e. The molecule has 0 aliphatic carbocycles. The summed E-state index contributed by atoms with van der Waals surface area (Å²) in [6.07, 6.45) is 1.36. The van der Waals surface area contributed by atoms with Crippen LogP contribution in [0.4, 0.5) is 0 Å². The van der Waals surface area contributed by atoms with E-state index in [1.165, 1.54) is 11.7 Å². The molecule has 0 saturated heterocycles. The quantitative estimate of drug-likeness (QED) is 0.785. The summed E-state index contributed by atoms with van der Waals surface area (Å²) in [6.45, 7) is 0. The molecular formula is C18H14ClNO4. The predicted molar refractivity (Wildman–Crippen MR) is 91.0 cm³/mol. The summed E-state index contributed by atoms with van der Waals surface area (Å²) >= 11 is 5.86. The van der Waals surface area contributed by atoms with Gasteiger partial charge in [-0.05, 0) is 42.0 Å². The Morgan fingerprint density at radius 2 is 1.88 bits per heavy atom. The van der Waals surface area contributed by atoms with Crippen molar-refractivity contribution in [3.8, 4) is 5.75 Å². The molecule has 5 nitrogen and oxygen atoms in total. The molecule has 3 rings (SSSR count). The van der Waals surface area contributed by atoms with Gasteiger partial charge in [0.15, 0.2) is 0 Å². The highest BCUT2D eigenvalue weighted by molar-refractivity contribution is 6.30. The van der Waals surface area contributed by atoms with E-state index in [9.17, 15) is 9.59 Å². The molecule has 0 amide bonds. The Kier molecular flexibility index (Phi) is 4.27. The highest BCUT2D eigenvalue weighted by Gasteiger charge is 2.19. The van der Waals surface area contributed by atoms with E-state index in [1.807, 2.05) is 0 Å². The van der Waals surface area contributed by atoms with Gasteiger partial charge in [0.25, 0.3) is 5.91 Å². The molecule has 122 valence electrons.